The van der Waals surface area contributed by atoms with Crippen LogP contribution in [0.4, 0.5) is 0 Å². The minimum absolute atomic E-state index is 0.845. The molecule has 0 radical (unpaired) electrons. The molecule has 0 spiro atoms. The van der Waals surface area contributed by atoms with Crippen molar-refractivity contribution in [1.29, 1.82) is 0 Å². The standard InChI is InChI=1S/C7H5NO.C2H2O4/c1-2-4-7-6(3-1)5-8-9-7;3-1(4)2(5)6/h1-5H;(H,3,4)(H,5,6). The van der Waals surface area contributed by atoms with Crippen molar-refractivity contribution in [2.24, 2.45) is 0 Å². The van der Waals surface area contributed by atoms with Crippen molar-refractivity contribution in [3.63, 3.8) is 0 Å². The molecule has 0 aliphatic rings. The Morgan fingerprint density at radius 1 is 1.13 bits per heavy atom. The average Bonchev–Trinajstić information content (AvgIpc) is 2.66. The molecule has 6 nitrogen and oxygen atoms in total. The molecule has 1 aromatic heterocycles. The van der Waals surface area contributed by atoms with Gasteiger partial charge in [-0.1, -0.05) is 17.3 Å². The van der Waals surface area contributed by atoms with Crippen LogP contribution in [0, 0.1) is 0 Å². The van der Waals surface area contributed by atoms with E-state index in [9.17, 15) is 0 Å². The fourth-order valence-corrected chi connectivity index (χ4v) is 0.810. The highest BCUT2D eigenvalue weighted by atomic mass is 16.5. The van der Waals surface area contributed by atoms with Crippen molar-refractivity contribution in [3.8, 4) is 0 Å². The van der Waals surface area contributed by atoms with Crippen LogP contribution in [0.2, 0.25) is 0 Å². The van der Waals surface area contributed by atoms with E-state index in [0.717, 1.165) is 11.0 Å². The van der Waals surface area contributed by atoms with Gasteiger partial charge in [-0.15, -0.1) is 0 Å². The molecule has 2 aromatic rings. The summed E-state index contributed by atoms with van der Waals surface area (Å²) in [6.45, 7) is 0. The first-order valence-corrected chi connectivity index (χ1v) is 3.87. The molecule has 1 aromatic carbocycles. The quantitative estimate of drug-likeness (QED) is 0.627. The van der Waals surface area contributed by atoms with Crippen molar-refractivity contribution in [3.05, 3.63) is 30.5 Å². The van der Waals surface area contributed by atoms with Crippen LogP contribution in [-0.4, -0.2) is 27.3 Å². The summed E-state index contributed by atoms with van der Waals surface area (Å²) in [5.41, 5.74) is 0.845. The van der Waals surface area contributed by atoms with Gasteiger partial charge in [0, 0.05) is 5.39 Å². The second kappa shape index (κ2) is 4.75. The molecule has 2 N–H and O–H groups in total. The van der Waals surface area contributed by atoms with E-state index in [0.29, 0.717) is 0 Å². The van der Waals surface area contributed by atoms with E-state index in [4.69, 9.17) is 24.3 Å². The van der Waals surface area contributed by atoms with Gasteiger partial charge in [0.1, 0.15) is 0 Å². The van der Waals surface area contributed by atoms with Crippen molar-refractivity contribution < 1.29 is 24.3 Å². The molecule has 2 rings (SSSR count). The Morgan fingerprint density at radius 3 is 2.27 bits per heavy atom. The number of hydrogen-bond acceptors (Lipinski definition) is 4. The van der Waals surface area contributed by atoms with E-state index < -0.39 is 11.9 Å². The van der Waals surface area contributed by atoms with Gasteiger partial charge >= 0.3 is 11.9 Å². The lowest BCUT2D eigenvalue weighted by molar-refractivity contribution is -0.159. The molecule has 0 aliphatic carbocycles. The van der Waals surface area contributed by atoms with E-state index >= 15 is 0 Å². The molecule has 78 valence electrons. The lowest BCUT2D eigenvalue weighted by Gasteiger charge is -1.78. The smallest absolute Gasteiger partial charge is 0.414 e. The third kappa shape index (κ3) is 3.11. The number of carboxylic acids is 2. The fourth-order valence-electron chi connectivity index (χ4n) is 0.810. The molecule has 0 saturated carbocycles. The van der Waals surface area contributed by atoms with Crippen LogP contribution in [0.15, 0.2) is 35.0 Å². The van der Waals surface area contributed by atoms with Gasteiger partial charge < -0.3 is 14.7 Å². The van der Waals surface area contributed by atoms with E-state index in [-0.39, 0.29) is 0 Å². The SMILES string of the molecule is O=C(O)C(=O)O.c1ccc2oncc2c1. The first-order valence-electron chi connectivity index (χ1n) is 3.87. The zero-order valence-electron chi connectivity index (χ0n) is 7.45. The summed E-state index contributed by atoms with van der Waals surface area (Å²) < 4.78 is 4.87. The lowest BCUT2D eigenvalue weighted by Crippen LogP contribution is -2.09. The van der Waals surface area contributed by atoms with Crippen LogP contribution in [0.3, 0.4) is 0 Å². The summed E-state index contributed by atoms with van der Waals surface area (Å²) in [4.78, 5) is 18.2. The molecule has 0 bridgehead atoms. The summed E-state index contributed by atoms with van der Waals surface area (Å²) >= 11 is 0. The molecule has 0 amide bonds. The number of para-hydroxylation sites is 1. The number of carboxylic acid groups (broad SMARTS) is 2. The predicted molar refractivity (Wildman–Crippen MR) is 49.3 cm³/mol. The normalized spacial score (nSPS) is 9.07. The van der Waals surface area contributed by atoms with Crippen LogP contribution < -0.4 is 0 Å². The van der Waals surface area contributed by atoms with Gasteiger partial charge in [0.25, 0.3) is 0 Å². The minimum atomic E-state index is -1.82. The van der Waals surface area contributed by atoms with Crippen molar-refractivity contribution >= 4 is 22.9 Å². The third-order valence-electron chi connectivity index (χ3n) is 1.44. The highest BCUT2D eigenvalue weighted by Gasteiger charge is 2.04. The van der Waals surface area contributed by atoms with Crippen LogP contribution >= 0.6 is 0 Å². The Balaban J connectivity index is 0.000000167. The van der Waals surface area contributed by atoms with Crippen molar-refractivity contribution in [2.75, 3.05) is 0 Å². The largest absolute Gasteiger partial charge is 0.473 e. The van der Waals surface area contributed by atoms with E-state index in [1.54, 1.807) is 6.20 Å². The first kappa shape index (κ1) is 10.7. The van der Waals surface area contributed by atoms with Crippen LogP contribution in [0.1, 0.15) is 0 Å². The number of aliphatic carboxylic acids is 2. The van der Waals surface area contributed by atoms with Gasteiger partial charge in [0.05, 0.1) is 6.20 Å². The molecule has 0 aliphatic heterocycles. The van der Waals surface area contributed by atoms with Crippen LogP contribution in [0.25, 0.3) is 11.0 Å². The van der Waals surface area contributed by atoms with Gasteiger partial charge in [-0.25, -0.2) is 9.59 Å². The Kier molecular flexibility index (Phi) is 3.39. The number of carbonyl (C=O) groups is 2. The van der Waals surface area contributed by atoms with Crippen molar-refractivity contribution in [1.82, 2.24) is 5.16 Å². The average molecular weight is 209 g/mol. The molecular formula is C9H7NO5. The molecule has 0 saturated heterocycles. The minimum Gasteiger partial charge on any atom is -0.473 e. The summed E-state index contributed by atoms with van der Waals surface area (Å²) in [7, 11) is 0. The Bertz CT molecular complexity index is 434. The Labute approximate surface area is 83.7 Å². The van der Waals surface area contributed by atoms with E-state index in [1.165, 1.54) is 0 Å². The number of hydrogen-bond donors (Lipinski definition) is 2. The number of benzene rings is 1. The molecule has 0 unspecified atom stereocenters. The number of rotatable bonds is 0. The summed E-state index contributed by atoms with van der Waals surface area (Å²) in [6, 6.07) is 7.74. The molecule has 15 heavy (non-hydrogen) atoms. The fraction of sp³-hybridized carbons (Fsp3) is 0. The van der Waals surface area contributed by atoms with Gasteiger partial charge in [-0.3, -0.25) is 0 Å². The Morgan fingerprint density at radius 2 is 1.73 bits per heavy atom. The zero-order valence-corrected chi connectivity index (χ0v) is 7.45. The number of fused-ring (bicyclic) bond motifs is 1. The topological polar surface area (TPSA) is 101 Å². The maximum absolute atomic E-state index is 9.10. The van der Waals surface area contributed by atoms with Crippen molar-refractivity contribution in [2.45, 2.75) is 0 Å². The zero-order chi connectivity index (χ0) is 11.3. The summed E-state index contributed by atoms with van der Waals surface area (Å²) in [6.07, 6.45) is 1.70. The maximum Gasteiger partial charge on any atom is 0.414 e. The third-order valence-corrected chi connectivity index (χ3v) is 1.44. The molecule has 1 heterocycles. The van der Waals surface area contributed by atoms with Gasteiger partial charge in [-0.05, 0) is 12.1 Å². The van der Waals surface area contributed by atoms with E-state index in [1.807, 2.05) is 24.3 Å². The molecule has 6 heteroatoms. The van der Waals surface area contributed by atoms with Gasteiger partial charge in [0.2, 0.25) is 0 Å². The van der Waals surface area contributed by atoms with Gasteiger partial charge in [-0.2, -0.15) is 0 Å². The monoisotopic (exact) mass is 209 g/mol. The lowest BCUT2D eigenvalue weighted by atomic mass is 10.3. The molecular weight excluding hydrogens is 202 g/mol. The second-order valence-electron chi connectivity index (χ2n) is 2.47. The van der Waals surface area contributed by atoms with Crippen LogP contribution in [0.5, 0.6) is 0 Å². The predicted octanol–water partition coefficient (Wildman–Crippen LogP) is 0.983. The summed E-state index contributed by atoms with van der Waals surface area (Å²) in [5.74, 6) is -3.65. The van der Waals surface area contributed by atoms with Gasteiger partial charge in [0.15, 0.2) is 5.58 Å². The molecule has 0 atom stereocenters. The van der Waals surface area contributed by atoms with E-state index in [2.05, 4.69) is 5.16 Å². The highest BCUT2D eigenvalue weighted by molar-refractivity contribution is 6.27. The second-order valence-corrected chi connectivity index (χ2v) is 2.47. The van der Waals surface area contributed by atoms with Crippen LogP contribution in [-0.2, 0) is 9.59 Å². The molecule has 0 fully saturated rings. The Hall–Kier alpha value is -2.37. The highest BCUT2D eigenvalue weighted by Crippen LogP contribution is 2.10. The first-order chi connectivity index (χ1) is 7.11. The number of nitrogens with zero attached hydrogens (tertiary/aromatic N) is 1. The number of aromatic nitrogens is 1. The summed E-state index contributed by atoms with van der Waals surface area (Å²) in [5, 5.41) is 19.5. The maximum atomic E-state index is 9.10.